The average molecular weight is 405 g/mol. The number of furan rings is 1. The second-order valence-corrected chi connectivity index (χ2v) is 7.31. The summed E-state index contributed by atoms with van der Waals surface area (Å²) >= 11 is 5.01. The lowest BCUT2D eigenvalue weighted by Gasteiger charge is -2.03. The smallest absolute Gasteiger partial charge is 0.314 e. The molecule has 0 unspecified atom stereocenters. The Morgan fingerprint density at radius 3 is 2.62 bits per heavy atom. The molecule has 24 heavy (non-hydrogen) atoms. The topological polar surface area (TPSA) is 48.0 Å². The van der Waals surface area contributed by atoms with Crippen LogP contribution in [0.25, 0.3) is 0 Å². The van der Waals surface area contributed by atoms with E-state index in [1.807, 2.05) is 32.0 Å². The molecule has 0 radical (unpaired) electrons. The van der Waals surface area contributed by atoms with E-state index in [9.17, 15) is 4.79 Å². The zero-order chi connectivity index (χ0) is 17.3. The Bertz CT molecular complexity index is 898. The van der Waals surface area contributed by atoms with Gasteiger partial charge in [0.2, 0.25) is 0 Å². The Morgan fingerprint density at radius 2 is 1.96 bits per heavy atom. The summed E-state index contributed by atoms with van der Waals surface area (Å²) in [5, 5.41) is 4.98. The van der Waals surface area contributed by atoms with E-state index in [1.165, 1.54) is 15.8 Å². The summed E-state index contributed by atoms with van der Waals surface area (Å²) < 4.78 is 7.92. The molecule has 0 atom stereocenters. The van der Waals surface area contributed by atoms with Crippen LogP contribution in [0, 0.1) is 20.8 Å². The van der Waals surface area contributed by atoms with Gasteiger partial charge in [0, 0.05) is 5.75 Å². The summed E-state index contributed by atoms with van der Waals surface area (Å²) in [6.45, 7) is 5.79. The number of carbonyl (C=O) groups is 1. The van der Waals surface area contributed by atoms with Crippen molar-refractivity contribution in [1.29, 1.82) is 0 Å². The number of hydrogen-bond acceptors (Lipinski definition) is 4. The number of rotatable bonds is 4. The van der Waals surface area contributed by atoms with E-state index in [1.54, 1.807) is 17.8 Å². The van der Waals surface area contributed by atoms with Gasteiger partial charge in [0.25, 0.3) is 0 Å². The second kappa shape index (κ2) is 6.99. The van der Waals surface area contributed by atoms with Gasteiger partial charge in [-0.1, -0.05) is 36.0 Å². The minimum Gasteiger partial charge on any atom is -0.445 e. The summed E-state index contributed by atoms with van der Waals surface area (Å²) in [7, 11) is 0. The molecule has 0 saturated carbocycles. The third-order valence-electron chi connectivity index (χ3n) is 3.82. The van der Waals surface area contributed by atoms with Crippen LogP contribution in [0.3, 0.4) is 0 Å². The SMILES string of the molecule is Cc1ccccc1CSc1ccc(C(=O)n2nc(C)c(Br)c2C)o1. The summed E-state index contributed by atoms with van der Waals surface area (Å²) in [5.41, 5.74) is 4.05. The summed E-state index contributed by atoms with van der Waals surface area (Å²) in [6, 6.07) is 11.8. The van der Waals surface area contributed by atoms with E-state index in [0.717, 1.165) is 26.7 Å². The molecular formula is C18H17BrN2O2S. The first-order chi connectivity index (χ1) is 11.5. The van der Waals surface area contributed by atoms with Gasteiger partial charge in [-0.05, 0) is 60.0 Å². The number of halogens is 1. The lowest BCUT2D eigenvalue weighted by atomic mass is 10.1. The molecule has 4 nitrogen and oxygen atoms in total. The molecule has 0 fully saturated rings. The van der Waals surface area contributed by atoms with Gasteiger partial charge in [0.15, 0.2) is 10.9 Å². The van der Waals surface area contributed by atoms with Crippen LogP contribution in [-0.4, -0.2) is 15.7 Å². The lowest BCUT2D eigenvalue weighted by Crippen LogP contribution is -2.14. The maximum atomic E-state index is 12.6. The molecular weight excluding hydrogens is 388 g/mol. The number of thioether (sulfide) groups is 1. The first kappa shape index (κ1) is 17.0. The number of aryl methyl sites for hydroxylation is 2. The van der Waals surface area contributed by atoms with Crippen LogP contribution in [0.5, 0.6) is 0 Å². The van der Waals surface area contributed by atoms with Crippen LogP contribution in [-0.2, 0) is 5.75 Å². The fourth-order valence-corrected chi connectivity index (χ4v) is 3.54. The molecule has 3 rings (SSSR count). The predicted molar refractivity (Wildman–Crippen MR) is 98.6 cm³/mol. The fourth-order valence-electron chi connectivity index (χ4n) is 2.36. The van der Waals surface area contributed by atoms with Crippen molar-refractivity contribution < 1.29 is 9.21 Å². The standard InChI is InChI=1S/C18H17BrN2O2S/c1-11-6-4-5-7-14(11)10-24-16-9-8-15(23-16)18(22)21-13(3)17(19)12(2)20-21/h4-9H,10H2,1-3H3. The maximum absolute atomic E-state index is 12.6. The quantitative estimate of drug-likeness (QED) is 0.564. The van der Waals surface area contributed by atoms with Crippen molar-refractivity contribution in [1.82, 2.24) is 9.78 Å². The van der Waals surface area contributed by atoms with Crippen LogP contribution in [0.15, 0.2) is 50.4 Å². The highest BCUT2D eigenvalue weighted by Crippen LogP contribution is 2.27. The highest BCUT2D eigenvalue weighted by Gasteiger charge is 2.19. The van der Waals surface area contributed by atoms with Gasteiger partial charge in [0.05, 0.1) is 15.9 Å². The molecule has 0 saturated heterocycles. The van der Waals surface area contributed by atoms with E-state index in [4.69, 9.17) is 4.42 Å². The minimum atomic E-state index is -0.260. The molecule has 124 valence electrons. The van der Waals surface area contributed by atoms with E-state index >= 15 is 0 Å². The van der Waals surface area contributed by atoms with Crippen molar-refractivity contribution in [2.45, 2.75) is 31.6 Å². The normalized spacial score (nSPS) is 11.0. The summed E-state index contributed by atoms with van der Waals surface area (Å²) in [4.78, 5) is 12.6. The average Bonchev–Trinajstić information content (AvgIpc) is 3.14. The molecule has 3 aromatic rings. The van der Waals surface area contributed by atoms with Crippen LogP contribution in [0.2, 0.25) is 0 Å². The van der Waals surface area contributed by atoms with E-state index in [2.05, 4.69) is 40.1 Å². The second-order valence-electron chi connectivity index (χ2n) is 5.54. The van der Waals surface area contributed by atoms with Crippen LogP contribution in [0.4, 0.5) is 0 Å². The molecule has 0 amide bonds. The maximum Gasteiger partial charge on any atom is 0.314 e. The van der Waals surface area contributed by atoms with E-state index in [-0.39, 0.29) is 5.91 Å². The summed E-state index contributed by atoms with van der Waals surface area (Å²) in [5.74, 6) is 0.837. The third kappa shape index (κ3) is 3.35. The fraction of sp³-hybridized carbons (Fsp3) is 0.222. The number of benzene rings is 1. The van der Waals surface area contributed by atoms with Crippen LogP contribution in [0.1, 0.15) is 33.1 Å². The third-order valence-corrected chi connectivity index (χ3v) is 5.93. The minimum absolute atomic E-state index is 0.260. The van der Waals surface area contributed by atoms with Gasteiger partial charge in [-0.15, -0.1) is 0 Å². The molecule has 2 aromatic heterocycles. The highest BCUT2D eigenvalue weighted by molar-refractivity contribution is 9.10. The van der Waals surface area contributed by atoms with Gasteiger partial charge >= 0.3 is 5.91 Å². The molecule has 0 aliphatic rings. The van der Waals surface area contributed by atoms with E-state index in [0.29, 0.717) is 5.76 Å². The zero-order valence-corrected chi connectivity index (χ0v) is 16.1. The molecule has 0 bridgehead atoms. The molecule has 0 aliphatic heterocycles. The monoisotopic (exact) mass is 404 g/mol. The van der Waals surface area contributed by atoms with Crippen molar-refractivity contribution in [2.24, 2.45) is 0 Å². The lowest BCUT2D eigenvalue weighted by molar-refractivity contribution is 0.0909. The Hall–Kier alpha value is -1.79. The van der Waals surface area contributed by atoms with E-state index < -0.39 is 0 Å². The van der Waals surface area contributed by atoms with Gasteiger partial charge in [-0.2, -0.15) is 9.78 Å². The first-order valence-corrected chi connectivity index (χ1v) is 9.29. The van der Waals surface area contributed by atoms with Crippen molar-refractivity contribution in [3.8, 4) is 0 Å². The number of nitrogens with zero attached hydrogens (tertiary/aromatic N) is 2. The van der Waals surface area contributed by atoms with Crippen molar-refractivity contribution in [3.63, 3.8) is 0 Å². The molecule has 1 aromatic carbocycles. The zero-order valence-electron chi connectivity index (χ0n) is 13.7. The summed E-state index contributed by atoms with van der Waals surface area (Å²) in [6.07, 6.45) is 0. The van der Waals surface area contributed by atoms with Gasteiger partial charge in [-0.3, -0.25) is 4.79 Å². The molecule has 0 N–H and O–H groups in total. The molecule has 2 heterocycles. The van der Waals surface area contributed by atoms with Crippen molar-refractivity contribution in [2.75, 3.05) is 0 Å². The Morgan fingerprint density at radius 1 is 1.21 bits per heavy atom. The Kier molecular flexibility index (Phi) is 4.96. The first-order valence-electron chi connectivity index (χ1n) is 7.51. The molecule has 0 aliphatic carbocycles. The number of carbonyl (C=O) groups excluding carboxylic acids is 1. The largest absolute Gasteiger partial charge is 0.445 e. The number of hydrogen-bond donors (Lipinski definition) is 0. The van der Waals surface area contributed by atoms with Crippen LogP contribution >= 0.6 is 27.7 Å². The highest BCUT2D eigenvalue weighted by atomic mass is 79.9. The predicted octanol–water partition coefficient (Wildman–Crippen LogP) is 5.14. The Balaban J connectivity index is 1.74. The van der Waals surface area contributed by atoms with Crippen molar-refractivity contribution >= 4 is 33.6 Å². The number of aromatic nitrogens is 2. The Labute approximate surface area is 153 Å². The van der Waals surface area contributed by atoms with Crippen molar-refractivity contribution in [3.05, 3.63) is 69.1 Å². The van der Waals surface area contributed by atoms with Crippen LogP contribution < -0.4 is 0 Å². The molecule has 6 heteroatoms. The van der Waals surface area contributed by atoms with Gasteiger partial charge in [0.1, 0.15) is 0 Å². The molecule has 0 spiro atoms. The van der Waals surface area contributed by atoms with Gasteiger partial charge in [-0.25, -0.2) is 0 Å². The van der Waals surface area contributed by atoms with Gasteiger partial charge < -0.3 is 4.42 Å².